The second-order valence-corrected chi connectivity index (χ2v) is 9.99. The molecular weight excluding hydrogens is 336 g/mol. The Morgan fingerprint density at radius 3 is 2.89 bits per heavy atom. The molecule has 6 aliphatic rings. The number of benzene rings is 1. The fourth-order valence-corrected chi connectivity index (χ4v) is 9.07. The Bertz CT molecular complexity index is 839. The number of carbonyl (C=O) groups excluding carboxylic acids is 1. The van der Waals surface area contributed by atoms with Crippen molar-refractivity contribution in [2.75, 3.05) is 32.1 Å². The zero-order valence-electron chi connectivity index (χ0n) is 16.6. The zero-order valence-corrected chi connectivity index (χ0v) is 16.6. The molecule has 6 atom stereocenters. The van der Waals surface area contributed by atoms with E-state index in [0.717, 1.165) is 12.8 Å². The zero-order chi connectivity index (χ0) is 18.5. The van der Waals surface area contributed by atoms with Crippen molar-refractivity contribution >= 4 is 11.7 Å². The van der Waals surface area contributed by atoms with Gasteiger partial charge in [0.2, 0.25) is 0 Å². The number of hydrogen-bond donors (Lipinski definition) is 1. The minimum Gasteiger partial charge on any atom is -0.469 e. The van der Waals surface area contributed by atoms with Crippen molar-refractivity contribution in [3.8, 4) is 0 Å². The predicted molar refractivity (Wildman–Crippen MR) is 104 cm³/mol. The van der Waals surface area contributed by atoms with Crippen molar-refractivity contribution < 1.29 is 14.0 Å². The SMILES string of the molecule is CC[N+]12CCC[C@@]34CC[C@]5(Nc6ccccc6[C@]5(CC1)[C@H]32)[C@H](C(=O)OC)C4. The van der Waals surface area contributed by atoms with Crippen LogP contribution in [0, 0.1) is 11.3 Å². The van der Waals surface area contributed by atoms with Crippen LogP contribution in [0.15, 0.2) is 24.3 Å². The molecular formula is C23H31N2O2+. The largest absolute Gasteiger partial charge is 0.469 e. The first-order chi connectivity index (χ1) is 13.1. The van der Waals surface area contributed by atoms with Gasteiger partial charge >= 0.3 is 5.97 Å². The molecule has 1 aromatic carbocycles. The highest BCUT2D eigenvalue weighted by Crippen LogP contribution is 2.75. The Morgan fingerprint density at radius 1 is 1.22 bits per heavy atom. The lowest BCUT2D eigenvalue weighted by Crippen LogP contribution is -2.80. The number of nitrogens with zero attached hydrogens (tertiary/aromatic N) is 1. The van der Waals surface area contributed by atoms with Crippen LogP contribution in [0.3, 0.4) is 0 Å². The van der Waals surface area contributed by atoms with Gasteiger partial charge in [0.15, 0.2) is 0 Å². The molecule has 2 bridgehead atoms. The summed E-state index contributed by atoms with van der Waals surface area (Å²) in [6.45, 7) is 6.23. The molecule has 2 saturated heterocycles. The highest BCUT2D eigenvalue weighted by atomic mass is 16.5. The normalized spacial score (nSPS) is 48.4. The molecule has 4 heteroatoms. The molecule has 3 aliphatic carbocycles. The van der Waals surface area contributed by atoms with E-state index < -0.39 is 0 Å². The van der Waals surface area contributed by atoms with E-state index in [9.17, 15) is 4.79 Å². The molecule has 5 fully saturated rings. The summed E-state index contributed by atoms with van der Waals surface area (Å²) in [5.74, 6) is -0.00543. The van der Waals surface area contributed by atoms with E-state index in [1.165, 1.54) is 61.1 Å². The van der Waals surface area contributed by atoms with E-state index in [4.69, 9.17) is 4.74 Å². The van der Waals surface area contributed by atoms with Gasteiger partial charge in [-0.05, 0) is 50.7 Å². The van der Waals surface area contributed by atoms with Gasteiger partial charge in [0.05, 0.1) is 43.6 Å². The van der Waals surface area contributed by atoms with Crippen LogP contribution in [0.1, 0.15) is 51.0 Å². The van der Waals surface area contributed by atoms with Crippen molar-refractivity contribution in [3.63, 3.8) is 0 Å². The van der Waals surface area contributed by atoms with Crippen LogP contribution in [0.25, 0.3) is 0 Å². The van der Waals surface area contributed by atoms with Crippen LogP contribution >= 0.6 is 0 Å². The monoisotopic (exact) mass is 367 g/mol. The average Bonchev–Trinajstić information content (AvgIpc) is 3.23. The molecule has 1 aromatic rings. The van der Waals surface area contributed by atoms with E-state index in [0.29, 0.717) is 11.5 Å². The summed E-state index contributed by atoms with van der Waals surface area (Å²) in [4.78, 5) is 13.1. The Labute approximate surface area is 161 Å². The molecule has 1 N–H and O–H groups in total. The molecule has 3 heterocycles. The summed E-state index contributed by atoms with van der Waals surface area (Å²) >= 11 is 0. The number of para-hydroxylation sites is 1. The number of hydrogen-bond acceptors (Lipinski definition) is 3. The standard InChI is InChI=1S/C23H31N2O2/c1-3-25-13-6-9-21-10-11-23(17(15-21)19(26)27-2)22(12-14-25,20(21)25)16-7-4-5-8-18(16)24-23/h4-5,7-8,17,20,24H,3,6,9-15H2,1-2H3/q+1/t17-,20-,21-,22+,23-,25?/m0/s1. The number of likely N-dealkylation sites (N-methyl/N-ethyl adjacent to an activating group) is 1. The maximum absolute atomic E-state index is 13.1. The second kappa shape index (κ2) is 4.89. The predicted octanol–water partition coefficient (Wildman–Crippen LogP) is 3.46. The first-order valence-corrected chi connectivity index (χ1v) is 10.9. The van der Waals surface area contributed by atoms with Crippen LogP contribution in [-0.4, -0.2) is 48.8 Å². The molecule has 0 amide bonds. The smallest absolute Gasteiger partial charge is 0.311 e. The summed E-state index contributed by atoms with van der Waals surface area (Å²) in [7, 11) is 1.58. The first kappa shape index (κ1) is 16.4. The molecule has 0 radical (unpaired) electrons. The number of quaternary nitrogens is 1. The highest BCUT2D eigenvalue weighted by Gasteiger charge is 2.83. The number of methoxy groups -OCH3 is 1. The number of nitrogens with one attached hydrogen (secondary N) is 1. The lowest BCUT2D eigenvalue weighted by Gasteiger charge is -2.69. The Kier molecular flexibility index (Phi) is 2.97. The number of piperidine rings is 1. The van der Waals surface area contributed by atoms with E-state index in [-0.39, 0.29) is 22.8 Å². The number of esters is 1. The molecule has 7 rings (SSSR count). The second-order valence-electron chi connectivity index (χ2n) is 9.99. The summed E-state index contributed by atoms with van der Waals surface area (Å²) in [5, 5.41) is 3.98. The molecule has 3 aliphatic heterocycles. The number of anilines is 1. The van der Waals surface area contributed by atoms with Gasteiger partial charge in [0.25, 0.3) is 0 Å². The maximum atomic E-state index is 13.1. The van der Waals surface area contributed by atoms with Gasteiger partial charge in [-0.2, -0.15) is 0 Å². The minimum atomic E-state index is -0.150. The van der Waals surface area contributed by atoms with Gasteiger partial charge in [-0.25, -0.2) is 0 Å². The lowest BCUT2D eigenvalue weighted by molar-refractivity contribution is -0.955. The molecule has 144 valence electrons. The third-order valence-corrected chi connectivity index (χ3v) is 9.72. The topological polar surface area (TPSA) is 38.3 Å². The van der Waals surface area contributed by atoms with Gasteiger partial charge in [-0.3, -0.25) is 4.79 Å². The van der Waals surface area contributed by atoms with Crippen LogP contribution in [-0.2, 0) is 14.9 Å². The summed E-state index contributed by atoms with van der Waals surface area (Å²) in [6, 6.07) is 9.62. The van der Waals surface area contributed by atoms with Crippen molar-refractivity contribution in [2.45, 2.75) is 62.4 Å². The fraction of sp³-hybridized carbons (Fsp3) is 0.696. The van der Waals surface area contributed by atoms with Gasteiger partial charge in [-0.15, -0.1) is 0 Å². The van der Waals surface area contributed by atoms with Crippen LogP contribution in [0.2, 0.25) is 0 Å². The summed E-state index contributed by atoms with van der Waals surface area (Å²) in [5.41, 5.74) is 3.04. The first-order valence-electron chi connectivity index (χ1n) is 10.9. The van der Waals surface area contributed by atoms with Gasteiger partial charge < -0.3 is 14.5 Å². The maximum Gasteiger partial charge on any atom is 0.311 e. The highest BCUT2D eigenvalue weighted by molar-refractivity contribution is 5.80. The van der Waals surface area contributed by atoms with Crippen molar-refractivity contribution in [3.05, 3.63) is 29.8 Å². The third-order valence-electron chi connectivity index (χ3n) is 9.72. The third kappa shape index (κ3) is 1.54. The average molecular weight is 368 g/mol. The Hall–Kier alpha value is -1.55. The minimum absolute atomic E-state index is 0.0132. The quantitative estimate of drug-likeness (QED) is 0.643. The van der Waals surface area contributed by atoms with E-state index in [1.807, 2.05) is 0 Å². The summed E-state index contributed by atoms with van der Waals surface area (Å²) in [6.07, 6.45) is 7.23. The van der Waals surface area contributed by atoms with E-state index in [1.54, 1.807) is 7.11 Å². The molecule has 4 nitrogen and oxygen atoms in total. The molecule has 27 heavy (non-hydrogen) atoms. The van der Waals surface area contributed by atoms with Crippen LogP contribution in [0.4, 0.5) is 5.69 Å². The van der Waals surface area contributed by atoms with Crippen LogP contribution in [0.5, 0.6) is 0 Å². The Balaban J connectivity index is 1.66. The lowest BCUT2D eigenvalue weighted by atomic mass is 9.38. The number of carbonyl (C=O) groups is 1. The van der Waals surface area contributed by atoms with Crippen molar-refractivity contribution in [1.29, 1.82) is 0 Å². The van der Waals surface area contributed by atoms with Gasteiger partial charge in [0.1, 0.15) is 6.04 Å². The van der Waals surface area contributed by atoms with E-state index >= 15 is 0 Å². The summed E-state index contributed by atoms with van der Waals surface area (Å²) < 4.78 is 6.67. The molecule has 0 aromatic heterocycles. The number of fused-ring (bicyclic) bond motifs is 3. The van der Waals surface area contributed by atoms with Gasteiger partial charge in [0, 0.05) is 17.5 Å². The number of ether oxygens (including phenoxy) is 1. The molecule has 1 unspecified atom stereocenters. The molecule has 3 saturated carbocycles. The fourth-order valence-electron chi connectivity index (χ4n) is 9.07. The van der Waals surface area contributed by atoms with Crippen molar-refractivity contribution in [1.82, 2.24) is 0 Å². The van der Waals surface area contributed by atoms with Gasteiger partial charge in [-0.1, -0.05) is 18.2 Å². The Morgan fingerprint density at radius 2 is 2.07 bits per heavy atom. The number of rotatable bonds is 2. The molecule has 3 spiro atoms. The van der Waals surface area contributed by atoms with Crippen molar-refractivity contribution in [2.24, 2.45) is 11.3 Å². The van der Waals surface area contributed by atoms with E-state index in [2.05, 4.69) is 36.5 Å². The van der Waals surface area contributed by atoms with Crippen LogP contribution < -0.4 is 5.32 Å².